The Balaban J connectivity index is 1.72. The average Bonchev–Trinajstić information content (AvgIpc) is 3.43. The lowest BCUT2D eigenvalue weighted by Gasteiger charge is -2.34. The number of benzene rings is 3. The number of carbonyl (C=O) groups excluding carboxylic acids is 2. The minimum atomic E-state index is -3.83. The second-order valence-corrected chi connectivity index (χ2v) is 13.4. The normalized spacial score (nSPS) is 14.5. The van der Waals surface area contributed by atoms with Crippen molar-refractivity contribution in [3.8, 4) is 0 Å². The molecule has 2 amide bonds. The van der Waals surface area contributed by atoms with Crippen LogP contribution in [0.4, 0.5) is 5.69 Å². The molecule has 0 saturated heterocycles. The number of nitrogens with one attached hydrogen (secondary N) is 1. The van der Waals surface area contributed by atoms with E-state index in [9.17, 15) is 18.0 Å². The zero-order valence-electron chi connectivity index (χ0n) is 22.3. The lowest BCUT2D eigenvalue weighted by molar-refractivity contribution is -0.140. The molecule has 0 spiro atoms. The molecule has 1 fully saturated rings. The van der Waals surface area contributed by atoms with Gasteiger partial charge in [-0.2, -0.15) is 0 Å². The molecule has 212 valence electrons. The third kappa shape index (κ3) is 8.32. The van der Waals surface area contributed by atoms with Gasteiger partial charge in [-0.1, -0.05) is 82.8 Å². The summed E-state index contributed by atoms with van der Waals surface area (Å²) in [5.41, 5.74) is 2.03. The van der Waals surface area contributed by atoms with Gasteiger partial charge in [0.1, 0.15) is 12.6 Å². The summed E-state index contributed by atoms with van der Waals surface area (Å²) in [7, 11) is -3.83. The molecule has 3 aromatic rings. The maximum Gasteiger partial charge on any atom is 0.244 e. The summed E-state index contributed by atoms with van der Waals surface area (Å²) in [4.78, 5) is 29.4. The van der Waals surface area contributed by atoms with Crippen molar-refractivity contribution in [2.75, 3.05) is 17.1 Å². The Morgan fingerprint density at radius 3 is 2.25 bits per heavy atom. The van der Waals surface area contributed by atoms with Crippen LogP contribution in [0, 0.1) is 0 Å². The molecule has 0 aliphatic heterocycles. The van der Waals surface area contributed by atoms with E-state index in [1.807, 2.05) is 54.6 Å². The van der Waals surface area contributed by atoms with Gasteiger partial charge in [0.25, 0.3) is 0 Å². The minimum Gasteiger partial charge on any atom is -0.352 e. The second-order valence-electron chi connectivity index (χ2n) is 10.1. The first kappa shape index (κ1) is 30.1. The predicted octanol–water partition coefficient (Wildman–Crippen LogP) is 5.57. The Morgan fingerprint density at radius 2 is 1.62 bits per heavy atom. The highest BCUT2D eigenvalue weighted by Crippen LogP contribution is 2.24. The van der Waals surface area contributed by atoms with Crippen LogP contribution in [-0.4, -0.2) is 50.0 Å². The predicted molar refractivity (Wildman–Crippen MR) is 163 cm³/mol. The van der Waals surface area contributed by atoms with Gasteiger partial charge in [0.2, 0.25) is 21.8 Å². The Kier molecular flexibility index (Phi) is 10.3. The molecule has 7 nitrogen and oxygen atoms in total. The summed E-state index contributed by atoms with van der Waals surface area (Å²) >= 11 is 9.51. The molecule has 1 saturated carbocycles. The highest BCUT2D eigenvalue weighted by atomic mass is 79.9. The molecule has 4 rings (SSSR count). The largest absolute Gasteiger partial charge is 0.352 e. The lowest BCUT2D eigenvalue weighted by Crippen LogP contribution is -2.54. The Morgan fingerprint density at radius 1 is 0.975 bits per heavy atom. The first-order valence-electron chi connectivity index (χ1n) is 13.2. The van der Waals surface area contributed by atoms with E-state index in [-0.39, 0.29) is 18.5 Å². The van der Waals surface area contributed by atoms with Crippen molar-refractivity contribution in [1.29, 1.82) is 0 Å². The highest BCUT2D eigenvalue weighted by Gasteiger charge is 2.34. The van der Waals surface area contributed by atoms with E-state index in [4.69, 9.17) is 11.6 Å². The first-order chi connectivity index (χ1) is 19.1. The van der Waals surface area contributed by atoms with Crippen molar-refractivity contribution >= 4 is 55.1 Å². The molecule has 1 aliphatic rings. The number of sulfonamides is 1. The molecule has 10 heteroatoms. The Bertz CT molecular complexity index is 1410. The summed E-state index contributed by atoms with van der Waals surface area (Å²) in [6.45, 7) is -0.331. The number of hydrogen-bond donors (Lipinski definition) is 1. The van der Waals surface area contributed by atoms with Crippen molar-refractivity contribution in [3.63, 3.8) is 0 Å². The SMILES string of the molecule is CS(=O)(=O)N(CC(=O)N(Cc1cccc(Br)c1)[C@H](Cc1ccccc1)C(=O)NC1CCCC1)c1ccc(Cl)cc1. The maximum atomic E-state index is 14.1. The van der Waals surface area contributed by atoms with Gasteiger partial charge in [0, 0.05) is 28.5 Å². The van der Waals surface area contributed by atoms with Crippen LogP contribution < -0.4 is 9.62 Å². The van der Waals surface area contributed by atoms with Crippen LogP contribution in [0.15, 0.2) is 83.3 Å². The molecule has 3 aromatic carbocycles. The number of hydrogen-bond acceptors (Lipinski definition) is 4. The molecule has 0 aromatic heterocycles. The molecule has 1 aliphatic carbocycles. The zero-order chi connectivity index (χ0) is 28.7. The van der Waals surface area contributed by atoms with Gasteiger partial charge < -0.3 is 10.2 Å². The molecule has 0 unspecified atom stereocenters. The molecule has 0 bridgehead atoms. The number of carbonyl (C=O) groups is 2. The average molecular weight is 647 g/mol. The van der Waals surface area contributed by atoms with Gasteiger partial charge in [0.05, 0.1) is 11.9 Å². The standard InChI is InChI=1S/C30H33BrClN3O4S/c1-40(38,39)35(27-16-14-25(32)15-17-27)21-29(36)34(20-23-10-7-11-24(31)18-23)28(19-22-8-3-2-4-9-22)30(37)33-26-12-5-6-13-26/h2-4,7-11,14-18,26,28H,5-6,12-13,19-21H2,1H3,(H,33,37)/t28-/m1/s1. The lowest BCUT2D eigenvalue weighted by atomic mass is 10.0. The van der Waals surface area contributed by atoms with Crippen molar-refractivity contribution in [2.45, 2.75) is 50.7 Å². The molecule has 40 heavy (non-hydrogen) atoms. The Labute approximate surface area is 249 Å². The van der Waals surface area contributed by atoms with Crippen LogP contribution >= 0.6 is 27.5 Å². The number of halogens is 2. The van der Waals surface area contributed by atoms with Crippen molar-refractivity contribution in [2.24, 2.45) is 0 Å². The number of anilines is 1. The summed E-state index contributed by atoms with van der Waals surface area (Å²) in [5, 5.41) is 3.61. The fraction of sp³-hybridized carbons (Fsp3) is 0.333. The van der Waals surface area contributed by atoms with Crippen LogP contribution in [0.2, 0.25) is 5.02 Å². The van der Waals surface area contributed by atoms with Gasteiger partial charge in [-0.05, 0) is 60.4 Å². The van der Waals surface area contributed by atoms with Gasteiger partial charge in [-0.25, -0.2) is 8.42 Å². The first-order valence-corrected chi connectivity index (χ1v) is 16.2. The third-order valence-corrected chi connectivity index (χ3v) is 8.89. The minimum absolute atomic E-state index is 0.0650. The van der Waals surface area contributed by atoms with E-state index in [1.165, 1.54) is 4.90 Å². The Hall–Kier alpha value is -2.88. The molecule has 0 heterocycles. The summed E-state index contributed by atoms with van der Waals surface area (Å²) in [6, 6.07) is 22.6. The fourth-order valence-corrected chi connectivity index (χ4v) is 6.40. The van der Waals surface area contributed by atoms with E-state index < -0.39 is 28.5 Å². The van der Waals surface area contributed by atoms with Crippen molar-refractivity contribution in [1.82, 2.24) is 10.2 Å². The molecular weight excluding hydrogens is 614 g/mol. The van der Waals surface area contributed by atoms with E-state index in [0.717, 1.165) is 51.8 Å². The van der Waals surface area contributed by atoms with Crippen LogP contribution in [0.1, 0.15) is 36.8 Å². The fourth-order valence-electron chi connectivity index (χ4n) is 4.97. The van der Waals surface area contributed by atoms with E-state index in [2.05, 4.69) is 21.2 Å². The van der Waals surface area contributed by atoms with Gasteiger partial charge >= 0.3 is 0 Å². The van der Waals surface area contributed by atoms with Gasteiger partial charge in [0.15, 0.2) is 0 Å². The third-order valence-electron chi connectivity index (χ3n) is 7.01. The number of nitrogens with zero attached hydrogens (tertiary/aromatic N) is 2. The van der Waals surface area contributed by atoms with Crippen molar-refractivity contribution < 1.29 is 18.0 Å². The molecule has 0 radical (unpaired) electrons. The monoisotopic (exact) mass is 645 g/mol. The van der Waals surface area contributed by atoms with Crippen LogP contribution in [-0.2, 0) is 32.6 Å². The second kappa shape index (κ2) is 13.7. The van der Waals surface area contributed by atoms with Gasteiger partial charge in [-0.15, -0.1) is 0 Å². The number of rotatable bonds is 11. The van der Waals surface area contributed by atoms with Crippen LogP contribution in [0.5, 0.6) is 0 Å². The van der Waals surface area contributed by atoms with Crippen molar-refractivity contribution in [3.05, 3.63) is 99.5 Å². The molecule has 1 atom stereocenters. The summed E-state index contributed by atoms with van der Waals surface area (Å²) in [5.74, 6) is -0.723. The quantitative estimate of drug-likeness (QED) is 0.295. The van der Waals surface area contributed by atoms with Gasteiger partial charge in [-0.3, -0.25) is 13.9 Å². The van der Waals surface area contributed by atoms with E-state index in [0.29, 0.717) is 17.1 Å². The molecular formula is C30H33BrClN3O4S. The summed E-state index contributed by atoms with van der Waals surface area (Å²) < 4.78 is 27.6. The highest BCUT2D eigenvalue weighted by molar-refractivity contribution is 9.10. The molecule has 1 N–H and O–H groups in total. The van der Waals surface area contributed by atoms with E-state index >= 15 is 0 Å². The topological polar surface area (TPSA) is 86.8 Å². The number of amides is 2. The maximum absolute atomic E-state index is 14.1. The van der Waals surface area contributed by atoms with E-state index in [1.54, 1.807) is 24.3 Å². The zero-order valence-corrected chi connectivity index (χ0v) is 25.5. The smallest absolute Gasteiger partial charge is 0.244 e. The van der Waals surface area contributed by atoms with Crippen LogP contribution in [0.25, 0.3) is 0 Å². The summed E-state index contributed by atoms with van der Waals surface area (Å²) in [6.07, 6.45) is 5.27. The van der Waals surface area contributed by atoms with Crippen LogP contribution in [0.3, 0.4) is 0 Å².